The van der Waals surface area contributed by atoms with Crippen molar-refractivity contribution in [3.63, 3.8) is 0 Å². The predicted octanol–water partition coefficient (Wildman–Crippen LogP) is 2.01. The molecule has 0 radical (unpaired) electrons. The molecule has 108 valence electrons. The molecule has 3 heterocycles. The average molecular weight is 285 g/mol. The zero-order chi connectivity index (χ0) is 12.4. The molecule has 3 rings (SSSR count). The number of H-pyrrole nitrogens is 1. The lowest BCUT2D eigenvalue weighted by atomic mass is 9.87. The van der Waals surface area contributed by atoms with Gasteiger partial charge < -0.3 is 15.2 Å². The average Bonchev–Trinajstić information content (AvgIpc) is 3.01. The summed E-state index contributed by atoms with van der Waals surface area (Å²) in [6.45, 7) is 8.44. The molecule has 2 atom stereocenters. The number of aromatic amines is 1. The van der Waals surface area contributed by atoms with Crippen LogP contribution in [0.1, 0.15) is 37.9 Å². The first kappa shape index (κ1) is 14.8. The molecular weight excluding hydrogens is 260 g/mol. The largest absolute Gasteiger partial charge is 0.348 e. The zero-order valence-corrected chi connectivity index (χ0v) is 12.5. The van der Waals surface area contributed by atoms with Crippen LogP contribution in [0.4, 0.5) is 0 Å². The first-order valence-electron chi connectivity index (χ1n) is 7.18. The molecule has 0 saturated carbocycles. The highest BCUT2D eigenvalue weighted by molar-refractivity contribution is 5.85. The van der Waals surface area contributed by atoms with Crippen molar-refractivity contribution in [2.75, 3.05) is 32.7 Å². The molecule has 1 aromatic heterocycles. The van der Waals surface area contributed by atoms with E-state index in [1.807, 2.05) is 12.4 Å². The van der Waals surface area contributed by atoms with Gasteiger partial charge in [0.1, 0.15) is 5.82 Å². The van der Waals surface area contributed by atoms with Crippen LogP contribution in [-0.4, -0.2) is 47.6 Å². The Balaban J connectivity index is 0.00000133. The first-order valence-corrected chi connectivity index (χ1v) is 7.18. The molecule has 5 heteroatoms. The number of aromatic nitrogens is 2. The SMILES string of the molecule is CC1(CN2CCCC(c3ncc[nH]3)C2)CCNC1.Cl. The van der Waals surface area contributed by atoms with Crippen LogP contribution in [0.3, 0.4) is 0 Å². The molecule has 1 aromatic rings. The second kappa shape index (κ2) is 6.25. The highest BCUT2D eigenvalue weighted by Crippen LogP contribution is 2.30. The number of rotatable bonds is 3. The smallest absolute Gasteiger partial charge is 0.110 e. The van der Waals surface area contributed by atoms with E-state index in [9.17, 15) is 0 Å². The number of likely N-dealkylation sites (tertiary alicyclic amines) is 1. The second-order valence-corrected chi connectivity index (χ2v) is 6.29. The Bertz CT molecular complexity index is 373. The fourth-order valence-corrected chi connectivity index (χ4v) is 3.47. The maximum absolute atomic E-state index is 4.43. The molecule has 2 fully saturated rings. The topological polar surface area (TPSA) is 44.0 Å². The Kier molecular flexibility index (Phi) is 4.87. The van der Waals surface area contributed by atoms with Gasteiger partial charge >= 0.3 is 0 Å². The van der Waals surface area contributed by atoms with Crippen molar-refractivity contribution < 1.29 is 0 Å². The number of hydrogen-bond donors (Lipinski definition) is 2. The van der Waals surface area contributed by atoms with Gasteiger partial charge in [-0.25, -0.2) is 4.98 Å². The summed E-state index contributed by atoms with van der Waals surface area (Å²) in [6, 6.07) is 0. The van der Waals surface area contributed by atoms with Gasteiger partial charge in [0.25, 0.3) is 0 Å². The number of imidazole rings is 1. The summed E-state index contributed by atoms with van der Waals surface area (Å²) in [4.78, 5) is 10.4. The molecule has 2 aliphatic rings. The lowest BCUT2D eigenvalue weighted by Crippen LogP contribution is -2.42. The molecule has 0 amide bonds. The standard InChI is InChI=1S/C14H24N4.ClH/c1-14(4-5-15-10-14)11-18-8-2-3-12(9-18)13-16-6-7-17-13;/h6-7,12,15H,2-5,8-11H2,1H3,(H,16,17);1H. The molecule has 2 aliphatic heterocycles. The third kappa shape index (κ3) is 3.50. The van der Waals surface area contributed by atoms with Crippen LogP contribution in [-0.2, 0) is 0 Å². The minimum atomic E-state index is 0. The number of piperidine rings is 1. The number of nitrogens with zero attached hydrogens (tertiary/aromatic N) is 2. The summed E-state index contributed by atoms with van der Waals surface area (Å²) in [5, 5.41) is 3.50. The molecule has 2 saturated heterocycles. The molecule has 0 bridgehead atoms. The van der Waals surface area contributed by atoms with Gasteiger partial charge in [-0.2, -0.15) is 0 Å². The van der Waals surface area contributed by atoms with Crippen molar-refractivity contribution in [1.82, 2.24) is 20.2 Å². The second-order valence-electron chi connectivity index (χ2n) is 6.29. The lowest BCUT2D eigenvalue weighted by Gasteiger charge is -2.37. The van der Waals surface area contributed by atoms with Crippen LogP contribution in [0.15, 0.2) is 12.4 Å². The Morgan fingerprint density at radius 1 is 1.53 bits per heavy atom. The summed E-state index contributed by atoms with van der Waals surface area (Å²) in [6.07, 6.45) is 7.70. The van der Waals surface area contributed by atoms with Crippen LogP contribution in [0.2, 0.25) is 0 Å². The van der Waals surface area contributed by atoms with Crippen LogP contribution in [0.5, 0.6) is 0 Å². The van der Waals surface area contributed by atoms with Gasteiger partial charge in [0, 0.05) is 37.9 Å². The summed E-state index contributed by atoms with van der Waals surface area (Å²) in [7, 11) is 0. The van der Waals surface area contributed by atoms with Crippen molar-refractivity contribution in [2.45, 2.75) is 32.1 Å². The van der Waals surface area contributed by atoms with E-state index in [0.29, 0.717) is 11.3 Å². The van der Waals surface area contributed by atoms with E-state index >= 15 is 0 Å². The minimum Gasteiger partial charge on any atom is -0.348 e. The van der Waals surface area contributed by atoms with E-state index in [-0.39, 0.29) is 12.4 Å². The van der Waals surface area contributed by atoms with Gasteiger partial charge in [0.15, 0.2) is 0 Å². The molecule has 19 heavy (non-hydrogen) atoms. The molecule has 2 N–H and O–H groups in total. The zero-order valence-electron chi connectivity index (χ0n) is 11.7. The van der Waals surface area contributed by atoms with Crippen molar-refractivity contribution in [2.24, 2.45) is 5.41 Å². The van der Waals surface area contributed by atoms with Crippen LogP contribution < -0.4 is 5.32 Å². The Hall–Kier alpha value is -0.580. The maximum Gasteiger partial charge on any atom is 0.110 e. The van der Waals surface area contributed by atoms with E-state index in [0.717, 1.165) is 0 Å². The normalized spacial score (nSPS) is 32.2. The fraction of sp³-hybridized carbons (Fsp3) is 0.786. The highest BCUT2D eigenvalue weighted by Gasteiger charge is 2.33. The number of hydrogen-bond acceptors (Lipinski definition) is 3. The monoisotopic (exact) mass is 284 g/mol. The number of nitrogens with one attached hydrogen (secondary N) is 2. The Morgan fingerprint density at radius 3 is 3.11 bits per heavy atom. The third-order valence-electron chi connectivity index (χ3n) is 4.47. The van der Waals surface area contributed by atoms with Crippen molar-refractivity contribution in [1.29, 1.82) is 0 Å². The molecule has 0 aliphatic carbocycles. The van der Waals surface area contributed by atoms with E-state index in [2.05, 4.69) is 27.1 Å². The van der Waals surface area contributed by atoms with Gasteiger partial charge in [0.2, 0.25) is 0 Å². The Morgan fingerprint density at radius 2 is 2.42 bits per heavy atom. The van der Waals surface area contributed by atoms with E-state index in [4.69, 9.17) is 0 Å². The lowest BCUT2D eigenvalue weighted by molar-refractivity contribution is 0.139. The first-order chi connectivity index (χ1) is 8.75. The Labute approximate surface area is 121 Å². The summed E-state index contributed by atoms with van der Waals surface area (Å²) >= 11 is 0. The van der Waals surface area contributed by atoms with E-state index in [1.54, 1.807) is 0 Å². The molecule has 2 unspecified atom stereocenters. The molecule has 0 aromatic carbocycles. The van der Waals surface area contributed by atoms with Gasteiger partial charge in [-0.3, -0.25) is 0 Å². The van der Waals surface area contributed by atoms with Gasteiger partial charge in [-0.1, -0.05) is 6.92 Å². The molecular formula is C14H25ClN4. The maximum atomic E-state index is 4.43. The van der Waals surface area contributed by atoms with E-state index < -0.39 is 0 Å². The van der Waals surface area contributed by atoms with Crippen molar-refractivity contribution in [3.05, 3.63) is 18.2 Å². The number of halogens is 1. The molecule has 4 nitrogen and oxygen atoms in total. The van der Waals surface area contributed by atoms with Crippen molar-refractivity contribution >= 4 is 12.4 Å². The van der Waals surface area contributed by atoms with E-state index in [1.165, 1.54) is 57.8 Å². The predicted molar refractivity (Wildman–Crippen MR) is 79.8 cm³/mol. The summed E-state index contributed by atoms with van der Waals surface area (Å²) in [5.41, 5.74) is 0.477. The third-order valence-corrected chi connectivity index (χ3v) is 4.47. The van der Waals surface area contributed by atoms with Crippen LogP contribution in [0.25, 0.3) is 0 Å². The van der Waals surface area contributed by atoms with Crippen LogP contribution in [0, 0.1) is 5.41 Å². The van der Waals surface area contributed by atoms with Crippen LogP contribution >= 0.6 is 12.4 Å². The van der Waals surface area contributed by atoms with Gasteiger partial charge in [0.05, 0.1) is 0 Å². The fourth-order valence-electron chi connectivity index (χ4n) is 3.47. The minimum absolute atomic E-state index is 0. The van der Waals surface area contributed by atoms with Gasteiger partial charge in [-0.05, 0) is 37.8 Å². The summed E-state index contributed by atoms with van der Waals surface area (Å²) in [5.74, 6) is 1.78. The highest BCUT2D eigenvalue weighted by atomic mass is 35.5. The van der Waals surface area contributed by atoms with Gasteiger partial charge in [-0.15, -0.1) is 12.4 Å². The molecule has 0 spiro atoms. The summed E-state index contributed by atoms with van der Waals surface area (Å²) < 4.78 is 0. The quantitative estimate of drug-likeness (QED) is 0.892. The van der Waals surface area contributed by atoms with Crippen molar-refractivity contribution in [3.8, 4) is 0 Å².